The predicted molar refractivity (Wildman–Crippen MR) is 169 cm³/mol. The van der Waals surface area contributed by atoms with Gasteiger partial charge in [-0.2, -0.15) is 4.57 Å². The molecule has 0 fully saturated rings. The Kier molecular flexibility index (Phi) is 6.90. The molecule has 8 rings (SSSR count). The van der Waals surface area contributed by atoms with E-state index in [2.05, 4.69) is 44.0 Å². The van der Waals surface area contributed by atoms with Crippen LogP contribution in [0, 0.1) is 5.82 Å². The van der Waals surface area contributed by atoms with Crippen LogP contribution in [0.25, 0.3) is 27.7 Å². The molecule has 2 aliphatic rings. The van der Waals surface area contributed by atoms with E-state index in [1.54, 1.807) is 25.4 Å². The van der Waals surface area contributed by atoms with E-state index in [-0.39, 0.29) is 24.0 Å². The number of fused-ring (bicyclic) bond motifs is 5. The van der Waals surface area contributed by atoms with Crippen LogP contribution >= 0.6 is 0 Å². The van der Waals surface area contributed by atoms with Crippen molar-refractivity contribution in [2.75, 3.05) is 18.6 Å². The standard InChI is InChI=1S/C34H27FN5O6S/c1-43-31-11-2-21-14-30-28-16-33-32(45-20-46-33)15-22(28)12-13-39(30)18-29(21)34(31)44-19-25-17-40(38-36-25)26-7-9-27(10-8-26)47(41,42)37-24-5-3-23(35)4-6-24/h2-11,14-18,37H,12-13,19-20H2,1H3/q+1. The summed E-state index contributed by atoms with van der Waals surface area (Å²) in [5, 5.41) is 10.4. The first-order valence-electron chi connectivity index (χ1n) is 14.7. The summed E-state index contributed by atoms with van der Waals surface area (Å²) in [6.07, 6.45) is 4.67. The van der Waals surface area contributed by atoms with Crippen LogP contribution < -0.4 is 28.2 Å². The minimum absolute atomic E-state index is 0.0482. The van der Waals surface area contributed by atoms with Crippen molar-refractivity contribution in [2.24, 2.45) is 0 Å². The molecular formula is C34H27FN5O6S+. The summed E-state index contributed by atoms with van der Waals surface area (Å²) in [4.78, 5) is 0.0482. The lowest BCUT2D eigenvalue weighted by molar-refractivity contribution is -0.686. The molecule has 4 heterocycles. The Morgan fingerprint density at radius 1 is 1.00 bits per heavy atom. The van der Waals surface area contributed by atoms with E-state index in [1.165, 1.54) is 46.6 Å². The molecule has 0 spiro atoms. The summed E-state index contributed by atoms with van der Waals surface area (Å²) < 4.78 is 68.2. The number of nitrogens with one attached hydrogen (secondary N) is 1. The fraction of sp³-hybridized carbons (Fsp3) is 0.147. The molecule has 236 valence electrons. The van der Waals surface area contributed by atoms with Crippen LogP contribution in [0.2, 0.25) is 0 Å². The molecule has 2 aromatic heterocycles. The quantitative estimate of drug-likeness (QED) is 0.224. The molecule has 1 N–H and O–H groups in total. The zero-order valence-electron chi connectivity index (χ0n) is 25.0. The molecule has 0 saturated carbocycles. The van der Waals surface area contributed by atoms with Gasteiger partial charge >= 0.3 is 0 Å². The van der Waals surface area contributed by atoms with E-state index in [4.69, 9.17) is 18.9 Å². The van der Waals surface area contributed by atoms with Crippen molar-refractivity contribution < 1.29 is 36.3 Å². The van der Waals surface area contributed by atoms with Gasteiger partial charge in [-0.15, -0.1) is 5.10 Å². The molecule has 4 aromatic carbocycles. The third kappa shape index (κ3) is 5.33. The van der Waals surface area contributed by atoms with Crippen LogP contribution in [0.3, 0.4) is 0 Å². The maximum Gasteiger partial charge on any atom is 0.261 e. The third-order valence-electron chi connectivity index (χ3n) is 8.21. The van der Waals surface area contributed by atoms with Gasteiger partial charge in [-0.1, -0.05) is 5.21 Å². The number of methoxy groups -OCH3 is 1. The first-order valence-corrected chi connectivity index (χ1v) is 16.2. The van der Waals surface area contributed by atoms with Crippen LogP contribution in [0.5, 0.6) is 23.0 Å². The number of hydrogen-bond acceptors (Lipinski definition) is 8. The molecule has 0 amide bonds. The number of sulfonamides is 1. The molecule has 13 heteroatoms. The van der Waals surface area contributed by atoms with Crippen LogP contribution in [0.1, 0.15) is 11.3 Å². The summed E-state index contributed by atoms with van der Waals surface area (Å²) in [5.74, 6) is 2.27. The van der Waals surface area contributed by atoms with Crippen LogP contribution in [-0.4, -0.2) is 37.3 Å². The summed E-state index contributed by atoms with van der Waals surface area (Å²) in [6.45, 7) is 1.15. The van der Waals surface area contributed by atoms with E-state index in [0.29, 0.717) is 22.9 Å². The SMILES string of the molecule is COc1ccc2cc3[n+](cc2c1OCc1cn(-c2ccc(S(=O)(=O)Nc4ccc(F)cc4)cc2)nn1)CCc1cc2c(cc1-3)OCO2. The zero-order valence-corrected chi connectivity index (χ0v) is 25.8. The lowest BCUT2D eigenvalue weighted by atomic mass is 9.95. The van der Waals surface area contributed by atoms with Crippen molar-refractivity contribution in [1.82, 2.24) is 15.0 Å². The van der Waals surface area contributed by atoms with E-state index in [0.717, 1.165) is 46.5 Å². The maximum absolute atomic E-state index is 13.2. The van der Waals surface area contributed by atoms with Crippen molar-refractivity contribution in [1.29, 1.82) is 0 Å². The number of aryl methyl sites for hydroxylation is 2. The minimum Gasteiger partial charge on any atom is -0.493 e. The first-order chi connectivity index (χ1) is 22.8. The Bertz CT molecular complexity index is 2270. The smallest absolute Gasteiger partial charge is 0.261 e. The molecule has 11 nitrogen and oxygen atoms in total. The lowest BCUT2D eigenvalue weighted by Crippen LogP contribution is -2.40. The summed E-state index contributed by atoms with van der Waals surface area (Å²) in [6, 6.07) is 21.4. The number of halogens is 1. The van der Waals surface area contributed by atoms with Gasteiger partial charge in [-0.3, -0.25) is 4.72 Å². The second-order valence-electron chi connectivity index (χ2n) is 11.1. The Hall–Kier alpha value is -5.69. The van der Waals surface area contributed by atoms with Gasteiger partial charge in [0.15, 0.2) is 35.7 Å². The van der Waals surface area contributed by atoms with Gasteiger partial charge in [-0.05, 0) is 83.7 Å². The van der Waals surface area contributed by atoms with Crippen molar-refractivity contribution in [3.63, 3.8) is 0 Å². The van der Waals surface area contributed by atoms with E-state index in [9.17, 15) is 12.8 Å². The lowest BCUT2D eigenvalue weighted by Gasteiger charge is -2.17. The summed E-state index contributed by atoms with van der Waals surface area (Å²) in [7, 11) is -2.26. The number of nitrogens with zero attached hydrogens (tertiary/aromatic N) is 4. The number of anilines is 1. The molecule has 0 bridgehead atoms. The number of ether oxygens (including phenoxy) is 4. The zero-order chi connectivity index (χ0) is 32.1. The molecule has 0 aliphatic carbocycles. The Morgan fingerprint density at radius 2 is 1.79 bits per heavy atom. The normalized spacial score (nSPS) is 13.2. The fourth-order valence-electron chi connectivity index (χ4n) is 5.85. The van der Waals surface area contributed by atoms with Gasteiger partial charge in [0.2, 0.25) is 12.5 Å². The highest BCUT2D eigenvalue weighted by molar-refractivity contribution is 7.92. The molecular weight excluding hydrogens is 625 g/mol. The van der Waals surface area contributed by atoms with Crippen molar-refractivity contribution in [3.8, 4) is 39.9 Å². The average molecular weight is 653 g/mol. The monoisotopic (exact) mass is 652 g/mol. The fourth-order valence-corrected chi connectivity index (χ4v) is 6.91. The van der Waals surface area contributed by atoms with E-state index in [1.807, 2.05) is 12.1 Å². The van der Waals surface area contributed by atoms with Gasteiger partial charge in [0.1, 0.15) is 18.1 Å². The van der Waals surface area contributed by atoms with Gasteiger partial charge in [-0.25, -0.2) is 17.5 Å². The van der Waals surface area contributed by atoms with E-state index < -0.39 is 15.8 Å². The number of aromatic nitrogens is 4. The number of rotatable bonds is 8. The van der Waals surface area contributed by atoms with Crippen molar-refractivity contribution in [2.45, 2.75) is 24.5 Å². The van der Waals surface area contributed by atoms with Gasteiger partial charge in [0, 0.05) is 18.2 Å². The van der Waals surface area contributed by atoms with Gasteiger partial charge in [0.05, 0.1) is 34.8 Å². The van der Waals surface area contributed by atoms with Crippen LogP contribution in [-0.2, 0) is 29.6 Å². The van der Waals surface area contributed by atoms with Gasteiger partial charge < -0.3 is 18.9 Å². The highest BCUT2D eigenvalue weighted by Gasteiger charge is 2.29. The van der Waals surface area contributed by atoms with Crippen molar-refractivity contribution >= 4 is 26.5 Å². The largest absolute Gasteiger partial charge is 0.493 e. The van der Waals surface area contributed by atoms with E-state index >= 15 is 0 Å². The topological polar surface area (TPSA) is 118 Å². The van der Waals surface area contributed by atoms with Crippen LogP contribution in [0.15, 0.2) is 96.2 Å². The second kappa shape index (κ2) is 11.3. The minimum atomic E-state index is -3.87. The molecule has 47 heavy (non-hydrogen) atoms. The molecule has 2 aliphatic heterocycles. The average Bonchev–Trinajstić information content (AvgIpc) is 3.76. The number of pyridine rings is 1. The predicted octanol–water partition coefficient (Wildman–Crippen LogP) is 5.19. The number of benzene rings is 4. The first kappa shape index (κ1) is 28.8. The Labute approximate surface area is 268 Å². The van der Waals surface area contributed by atoms with Crippen LogP contribution in [0.4, 0.5) is 10.1 Å². The second-order valence-corrected chi connectivity index (χ2v) is 12.8. The maximum atomic E-state index is 13.2. The summed E-state index contributed by atoms with van der Waals surface area (Å²) in [5.41, 5.74) is 4.86. The van der Waals surface area contributed by atoms with Crippen molar-refractivity contribution in [3.05, 3.63) is 108 Å². The summed E-state index contributed by atoms with van der Waals surface area (Å²) >= 11 is 0. The molecule has 0 radical (unpaired) electrons. The highest BCUT2D eigenvalue weighted by atomic mass is 32.2. The Morgan fingerprint density at radius 3 is 2.57 bits per heavy atom. The molecule has 0 saturated heterocycles. The highest BCUT2D eigenvalue weighted by Crippen LogP contribution is 2.42. The molecule has 0 unspecified atom stereocenters. The third-order valence-corrected chi connectivity index (χ3v) is 9.61. The molecule has 6 aromatic rings. The number of hydrogen-bond donors (Lipinski definition) is 1. The molecule has 0 atom stereocenters. The Balaban J connectivity index is 1.02. The van der Waals surface area contributed by atoms with Gasteiger partial charge in [0.25, 0.3) is 10.0 Å².